The molecule has 0 radical (unpaired) electrons. The lowest BCUT2D eigenvalue weighted by Crippen LogP contribution is -2.55. The molecule has 118 valence electrons. The maximum Gasteiger partial charge on any atom is 0.0498 e. The van der Waals surface area contributed by atoms with Crippen LogP contribution in [0.3, 0.4) is 0 Å². The van der Waals surface area contributed by atoms with E-state index in [0.717, 1.165) is 31.2 Å². The second kappa shape index (κ2) is 6.66. The van der Waals surface area contributed by atoms with Gasteiger partial charge in [0.25, 0.3) is 0 Å². The van der Waals surface area contributed by atoms with Crippen LogP contribution in [0.15, 0.2) is 24.3 Å². The van der Waals surface area contributed by atoms with E-state index >= 15 is 0 Å². The molecule has 21 heavy (non-hydrogen) atoms. The zero-order valence-electron chi connectivity index (χ0n) is 13.6. The van der Waals surface area contributed by atoms with E-state index in [2.05, 4.69) is 43.6 Å². The Balaban J connectivity index is 2.11. The molecule has 4 heteroatoms. The van der Waals surface area contributed by atoms with Crippen molar-refractivity contribution in [1.29, 1.82) is 0 Å². The van der Waals surface area contributed by atoms with Crippen LogP contribution >= 0.6 is 11.6 Å². The highest BCUT2D eigenvalue weighted by atomic mass is 35.5. The van der Waals surface area contributed by atoms with Gasteiger partial charge in [0.15, 0.2) is 0 Å². The second-order valence-corrected chi connectivity index (χ2v) is 7.49. The van der Waals surface area contributed by atoms with E-state index in [4.69, 9.17) is 17.3 Å². The SMILES string of the molecule is CC(N)C(c1cccc(Cl)c1)N1CCN(C(C)(C)C)CC1. The second-order valence-electron chi connectivity index (χ2n) is 7.05. The minimum atomic E-state index is 0.0876. The van der Waals surface area contributed by atoms with Crippen LogP contribution in [0.2, 0.25) is 5.02 Å². The molecule has 1 aromatic rings. The molecule has 0 aromatic heterocycles. The summed E-state index contributed by atoms with van der Waals surface area (Å²) < 4.78 is 0. The highest BCUT2D eigenvalue weighted by molar-refractivity contribution is 6.30. The van der Waals surface area contributed by atoms with Crippen molar-refractivity contribution < 1.29 is 0 Å². The minimum Gasteiger partial charge on any atom is -0.326 e. The van der Waals surface area contributed by atoms with E-state index in [1.54, 1.807) is 0 Å². The molecule has 0 spiro atoms. The van der Waals surface area contributed by atoms with Crippen LogP contribution in [0.1, 0.15) is 39.3 Å². The Hall–Kier alpha value is -0.610. The smallest absolute Gasteiger partial charge is 0.0498 e. The largest absolute Gasteiger partial charge is 0.326 e. The first-order valence-corrected chi connectivity index (χ1v) is 8.17. The van der Waals surface area contributed by atoms with Crippen molar-refractivity contribution in [1.82, 2.24) is 9.80 Å². The molecule has 1 aliphatic heterocycles. The first kappa shape index (κ1) is 16.8. The molecule has 3 nitrogen and oxygen atoms in total. The van der Waals surface area contributed by atoms with Gasteiger partial charge in [0.05, 0.1) is 0 Å². The van der Waals surface area contributed by atoms with Gasteiger partial charge in [-0.25, -0.2) is 0 Å². The number of benzene rings is 1. The molecule has 1 aliphatic rings. The van der Waals surface area contributed by atoms with Crippen molar-refractivity contribution >= 4 is 11.6 Å². The van der Waals surface area contributed by atoms with E-state index < -0.39 is 0 Å². The Morgan fingerprint density at radius 3 is 2.24 bits per heavy atom. The number of nitrogens with two attached hydrogens (primary N) is 1. The Labute approximate surface area is 134 Å². The van der Waals surface area contributed by atoms with E-state index in [-0.39, 0.29) is 17.6 Å². The summed E-state index contributed by atoms with van der Waals surface area (Å²) in [6.45, 7) is 13.2. The molecular formula is C17H28ClN3. The van der Waals surface area contributed by atoms with Crippen molar-refractivity contribution in [3.63, 3.8) is 0 Å². The first-order chi connectivity index (χ1) is 9.79. The summed E-state index contributed by atoms with van der Waals surface area (Å²) in [5.74, 6) is 0. The third-order valence-electron chi connectivity index (χ3n) is 4.34. The molecule has 0 aliphatic carbocycles. The van der Waals surface area contributed by atoms with Crippen molar-refractivity contribution in [2.75, 3.05) is 26.2 Å². The molecule has 2 N–H and O–H groups in total. The molecule has 0 bridgehead atoms. The van der Waals surface area contributed by atoms with Crippen LogP contribution < -0.4 is 5.73 Å². The van der Waals surface area contributed by atoms with Crippen LogP contribution in [0.4, 0.5) is 0 Å². The van der Waals surface area contributed by atoms with Crippen molar-refractivity contribution in [2.45, 2.75) is 45.3 Å². The Morgan fingerprint density at radius 1 is 1.14 bits per heavy atom. The topological polar surface area (TPSA) is 32.5 Å². The molecule has 1 heterocycles. The van der Waals surface area contributed by atoms with Gasteiger partial charge in [0.2, 0.25) is 0 Å². The lowest BCUT2D eigenvalue weighted by atomic mass is 9.97. The lowest BCUT2D eigenvalue weighted by molar-refractivity contribution is 0.0369. The summed E-state index contributed by atoms with van der Waals surface area (Å²) >= 11 is 6.15. The van der Waals surface area contributed by atoms with E-state index in [9.17, 15) is 0 Å². The summed E-state index contributed by atoms with van der Waals surface area (Å²) in [4.78, 5) is 5.04. The van der Waals surface area contributed by atoms with E-state index in [0.29, 0.717) is 0 Å². The van der Waals surface area contributed by atoms with Gasteiger partial charge in [-0.2, -0.15) is 0 Å². The number of hydrogen-bond donors (Lipinski definition) is 1. The zero-order chi connectivity index (χ0) is 15.6. The van der Waals surface area contributed by atoms with Crippen LogP contribution in [0, 0.1) is 0 Å². The maximum atomic E-state index is 6.27. The Kier molecular flexibility index (Phi) is 5.31. The average Bonchev–Trinajstić information content (AvgIpc) is 2.38. The van der Waals surface area contributed by atoms with Crippen molar-refractivity contribution in [2.24, 2.45) is 5.73 Å². The Bertz CT molecular complexity index is 459. The summed E-state index contributed by atoms with van der Waals surface area (Å²) in [5, 5.41) is 0.784. The van der Waals surface area contributed by atoms with Crippen molar-refractivity contribution in [3.05, 3.63) is 34.9 Å². The predicted molar refractivity (Wildman–Crippen MR) is 90.7 cm³/mol. The van der Waals surface area contributed by atoms with Crippen molar-refractivity contribution in [3.8, 4) is 0 Å². The molecule has 1 aromatic carbocycles. The van der Waals surface area contributed by atoms with Crippen LogP contribution in [0.5, 0.6) is 0 Å². The summed E-state index contributed by atoms with van der Waals surface area (Å²) in [5.41, 5.74) is 7.74. The fourth-order valence-corrected chi connectivity index (χ4v) is 3.41. The van der Waals surface area contributed by atoms with E-state index in [1.165, 1.54) is 5.56 Å². The monoisotopic (exact) mass is 309 g/mol. The molecule has 1 fully saturated rings. The maximum absolute atomic E-state index is 6.27. The zero-order valence-corrected chi connectivity index (χ0v) is 14.4. The minimum absolute atomic E-state index is 0.0876. The lowest BCUT2D eigenvalue weighted by Gasteiger charge is -2.45. The Morgan fingerprint density at radius 2 is 1.76 bits per heavy atom. The molecule has 0 amide bonds. The van der Waals surface area contributed by atoms with Gasteiger partial charge in [-0.15, -0.1) is 0 Å². The van der Waals surface area contributed by atoms with Gasteiger partial charge >= 0.3 is 0 Å². The molecule has 0 saturated carbocycles. The number of hydrogen-bond acceptors (Lipinski definition) is 3. The number of nitrogens with zero attached hydrogens (tertiary/aromatic N) is 2. The molecule has 1 saturated heterocycles. The highest BCUT2D eigenvalue weighted by Crippen LogP contribution is 2.28. The predicted octanol–water partition coefficient (Wildman–Crippen LogP) is 3.14. The van der Waals surface area contributed by atoms with Gasteiger partial charge in [0, 0.05) is 48.8 Å². The van der Waals surface area contributed by atoms with E-state index in [1.807, 2.05) is 18.2 Å². The van der Waals surface area contributed by atoms with Gasteiger partial charge in [0.1, 0.15) is 0 Å². The van der Waals surface area contributed by atoms with Crippen LogP contribution in [-0.2, 0) is 0 Å². The molecule has 2 unspecified atom stereocenters. The standard InChI is InChI=1S/C17H28ClN3/c1-13(19)16(14-6-5-7-15(18)12-14)20-8-10-21(11-9-20)17(2,3)4/h5-7,12-13,16H,8-11,19H2,1-4H3. The quantitative estimate of drug-likeness (QED) is 0.931. The number of halogens is 1. The fourth-order valence-electron chi connectivity index (χ4n) is 3.21. The molecule has 2 rings (SSSR count). The van der Waals surface area contributed by atoms with Gasteiger partial charge in [-0.05, 0) is 45.4 Å². The molecule has 2 atom stereocenters. The van der Waals surface area contributed by atoms with Gasteiger partial charge < -0.3 is 5.73 Å². The third-order valence-corrected chi connectivity index (χ3v) is 4.58. The molecular weight excluding hydrogens is 282 g/mol. The fraction of sp³-hybridized carbons (Fsp3) is 0.647. The normalized spacial score (nSPS) is 21.2. The number of piperazine rings is 1. The third kappa shape index (κ3) is 4.19. The summed E-state index contributed by atoms with van der Waals surface area (Å²) in [6.07, 6.45) is 0. The summed E-state index contributed by atoms with van der Waals surface area (Å²) in [6, 6.07) is 8.44. The highest BCUT2D eigenvalue weighted by Gasteiger charge is 2.31. The number of rotatable bonds is 3. The summed E-state index contributed by atoms with van der Waals surface area (Å²) in [7, 11) is 0. The van der Waals surface area contributed by atoms with Gasteiger partial charge in [-0.1, -0.05) is 23.7 Å². The van der Waals surface area contributed by atoms with Crippen LogP contribution in [0.25, 0.3) is 0 Å². The van der Waals surface area contributed by atoms with Crippen LogP contribution in [-0.4, -0.2) is 47.6 Å². The van der Waals surface area contributed by atoms with Gasteiger partial charge in [-0.3, -0.25) is 9.80 Å². The first-order valence-electron chi connectivity index (χ1n) is 7.79. The average molecular weight is 310 g/mol.